The summed E-state index contributed by atoms with van der Waals surface area (Å²) in [5.41, 5.74) is -0.116. The van der Waals surface area contributed by atoms with Crippen LogP contribution in [-0.2, 0) is 9.47 Å². The van der Waals surface area contributed by atoms with Gasteiger partial charge in [-0.05, 0) is 26.7 Å². The van der Waals surface area contributed by atoms with Crippen LogP contribution in [0.2, 0.25) is 0 Å². The molecular formula is C17H34N2O3. The number of morpholine rings is 2. The van der Waals surface area contributed by atoms with Crippen molar-refractivity contribution in [3.63, 3.8) is 0 Å². The Hall–Kier alpha value is -0.200. The zero-order chi connectivity index (χ0) is 16.2. The molecule has 0 aliphatic carbocycles. The summed E-state index contributed by atoms with van der Waals surface area (Å²) in [5.74, 6) is 0. The maximum Gasteiger partial charge on any atom is 0.0793 e. The summed E-state index contributed by atoms with van der Waals surface area (Å²) in [7, 11) is 0. The molecule has 5 nitrogen and oxygen atoms in total. The Labute approximate surface area is 135 Å². The van der Waals surface area contributed by atoms with Gasteiger partial charge in [0.15, 0.2) is 0 Å². The van der Waals surface area contributed by atoms with E-state index in [2.05, 4.69) is 37.5 Å². The molecule has 0 amide bonds. The van der Waals surface area contributed by atoms with Crippen molar-refractivity contribution in [3.05, 3.63) is 0 Å². The monoisotopic (exact) mass is 314 g/mol. The molecule has 1 N–H and O–H groups in total. The molecule has 2 atom stereocenters. The molecule has 0 bridgehead atoms. The van der Waals surface area contributed by atoms with Gasteiger partial charge in [0.05, 0.1) is 30.5 Å². The van der Waals surface area contributed by atoms with E-state index in [1.54, 1.807) is 0 Å². The Morgan fingerprint density at radius 2 is 1.32 bits per heavy atom. The van der Waals surface area contributed by atoms with Gasteiger partial charge in [-0.1, -0.05) is 13.8 Å². The summed E-state index contributed by atoms with van der Waals surface area (Å²) >= 11 is 0. The fourth-order valence-corrected chi connectivity index (χ4v) is 3.43. The van der Waals surface area contributed by atoms with Crippen molar-refractivity contribution >= 4 is 0 Å². The highest BCUT2D eigenvalue weighted by Crippen LogP contribution is 2.23. The average molecular weight is 314 g/mol. The molecule has 0 radical (unpaired) electrons. The van der Waals surface area contributed by atoms with E-state index in [1.165, 1.54) is 0 Å². The highest BCUT2D eigenvalue weighted by Gasteiger charge is 2.33. The minimum Gasteiger partial charge on any atom is -0.390 e. The van der Waals surface area contributed by atoms with Crippen molar-refractivity contribution in [3.8, 4) is 0 Å². The van der Waals surface area contributed by atoms with Crippen LogP contribution in [0.5, 0.6) is 0 Å². The Morgan fingerprint density at radius 1 is 0.909 bits per heavy atom. The van der Waals surface area contributed by atoms with Crippen molar-refractivity contribution < 1.29 is 14.6 Å². The minimum absolute atomic E-state index is 0.0578. The number of rotatable bonds is 6. The van der Waals surface area contributed by atoms with Gasteiger partial charge in [-0.2, -0.15) is 0 Å². The summed E-state index contributed by atoms with van der Waals surface area (Å²) in [5, 5.41) is 10.5. The maximum absolute atomic E-state index is 10.5. The highest BCUT2D eigenvalue weighted by molar-refractivity contribution is 4.86. The van der Waals surface area contributed by atoms with Crippen molar-refractivity contribution in [2.24, 2.45) is 0 Å². The van der Waals surface area contributed by atoms with Gasteiger partial charge in [-0.25, -0.2) is 0 Å². The van der Waals surface area contributed by atoms with E-state index in [1.807, 2.05) is 0 Å². The lowest BCUT2D eigenvalue weighted by molar-refractivity contribution is -0.117. The maximum atomic E-state index is 10.5. The van der Waals surface area contributed by atoms with Gasteiger partial charge in [0, 0.05) is 39.3 Å². The fourth-order valence-electron chi connectivity index (χ4n) is 3.43. The first-order valence-electron chi connectivity index (χ1n) is 8.79. The first-order valence-corrected chi connectivity index (χ1v) is 8.79. The van der Waals surface area contributed by atoms with E-state index in [4.69, 9.17) is 9.47 Å². The second kappa shape index (κ2) is 7.58. The number of aliphatic hydroxyl groups excluding tert-OH is 1. The fraction of sp³-hybridized carbons (Fsp3) is 1.00. The van der Waals surface area contributed by atoms with Crippen LogP contribution in [0, 0.1) is 0 Å². The summed E-state index contributed by atoms with van der Waals surface area (Å²) in [6.45, 7) is 15.3. The summed E-state index contributed by atoms with van der Waals surface area (Å²) < 4.78 is 11.7. The third-order valence-electron chi connectivity index (χ3n) is 5.27. The van der Waals surface area contributed by atoms with E-state index in [9.17, 15) is 5.11 Å². The topological polar surface area (TPSA) is 45.2 Å². The average Bonchev–Trinajstić information content (AvgIpc) is 2.47. The number of β-amino-alcohol motifs (C(OH)–C–C–N with tert-alkyl or cyclic N) is 1. The molecule has 0 unspecified atom stereocenters. The molecule has 2 rings (SSSR count). The van der Waals surface area contributed by atoms with Crippen LogP contribution in [0.15, 0.2) is 0 Å². The summed E-state index contributed by atoms with van der Waals surface area (Å²) in [6, 6.07) is 0. The zero-order valence-corrected chi connectivity index (χ0v) is 14.8. The lowest BCUT2D eigenvalue weighted by atomic mass is 10.00. The van der Waals surface area contributed by atoms with Gasteiger partial charge < -0.3 is 14.6 Å². The van der Waals surface area contributed by atoms with Crippen molar-refractivity contribution in [2.75, 3.05) is 52.5 Å². The smallest absolute Gasteiger partial charge is 0.0793 e. The van der Waals surface area contributed by atoms with Crippen molar-refractivity contribution in [1.29, 1.82) is 0 Å². The van der Waals surface area contributed by atoms with E-state index in [0.717, 1.165) is 65.3 Å². The second-order valence-corrected chi connectivity index (χ2v) is 7.43. The zero-order valence-electron chi connectivity index (χ0n) is 14.8. The Kier molecular flexibility index (Phi) is 6.25. The summed E-state index contributed by atoms with van der Waals surface area (Å²) in [6.07, 6.45) is 1.72. The molecule has 0 aromatic rings. The number of hydrogen-bond donors (Lipinski definition) is 1. The second-order valence-electron chi connectivity index (χ2n) is 7.43. The molecule has 2 heterocycles. The van der Waals surface area contributed by atoms with Crippen molar-refractivity contribution in [2.45, 2.75) is 57.8 Å². The molecule has 2 fully saturated rings. The summed E-state index contributed by atoms with van der Waals surface area (Å²) in [4.78, 5) is 4.69. The molecule has 0 spiro atoms. The largest absolute Gasteiger partial charge is 0.390 e. The third-order valence-corrected chi connectivity index (χ3v) is 5.27. The van der Waals surface area contributed by atoms with Crippen LogP contribution < -0.4 is 0 Å². The molecule has 0 aromatic heterocycles. The van der Waals surface area contributed by atoms with Crippen LogP contribution in [0.25, 0.3) is 0 Å². The van der Waals surface area contributed by atoms with Crippen LogP contribution in [0.3, 0.4) is 0 Å². The van der Waals surface area contributed by atoms with E-state index in [0.29, 0.717) is 0 Å². The molecular weight excluding hydrogens is 280 g/mol. The lowest BCUT2D eigenvalue weighted by Crippen LogP contribution is -2.55. The van der Waals surface area contributed by atoms with E-state index < -0.39 is 0 Å². The quantitative estimate of drug-likeness (QED) is 0.802. The van der Waals surface area contributed by atoms with Crippen LogP contribution in [0.1, 0.15) is 40.5 Å². The highest BCUT2D eigenvalue weighted by atomic mass is 16.5. The minimum atomic E-state index is -0.307. The predicted molar refractivity (Wildman–Crippen MR) is 88.2 cm³/mol. The molecule has 2 aliphatic heterocycles. The molecule has 0 aromatic carbocycles. The normalized spacial score (nSPS) is 35.2. The third kappa shape index (κ3) is 4.90. The number of ether oxygens (including phenoxy) is 2. The number of hydrogen-bond acceptors (Lipinski definition) is 5. The predicted octanol–water partition coefficient (Wildman–Crippen LogP) is 1.35. The van der Waals surface area contributed by atoms with Gasteiger partial charge in [0.25, 0.3) is 0 Å². The van der Waals surface area contributed by atoms with Gasteiger partial charge in [0.2, 0.25) is 0 Å². The van der Waals surface area contributed by atoms with Gasteiger partial charge in [0.1, 0.15) is 0 Å². The first kappa shape index (κ1) is 18.1. The molecule has 0 saturated carbocycles. The molecule has 2 saturated heterocycles. The lowest BCUT2D eigenvalue weighted by Gasteiger charge is -2.43. The van der Waals surface area contributed by atoms with Gasteiger partial charge in [-0.15, -0.1) is 0 Å². The molecule has 2 aliphatic rings. The Balaban J connectivity index is 1.79. The van der Waals surface area contributed by atoms with Gasteiger partial charge >= 0.3 is 0 Å². The van der Waals surface area contributed by atoms with E-state index in [-0.39, 0.29) is 17.3 Å². The molecule has 5 heteroatoms. The Morgan fingerprint density at radius 3 is 1.68 bits per heavy atom. The van der Waals surface area contributed by atoms with Crippen LogP contribution >= 0.6 is 0 Å². The van der Waals surface area contributed by atoms with Crippen LogP contribution in [-0.4, -0.2) is 84.7 Å². The number of aliphatic hydroxyl groups is 1. The van der Waals surface area contributed by atoms with Crippen LogP contribution in [0.4, 0.5) is 0 Å². The standard InChI is InChI=1S/C17H34N2O3/c1-5-16(3)13-18(7-9-21-16)11-15(20)12-19-8-10-22-17(4,6-2)14-19/h15,20H,5-14H2,1-4H3/t16-,17-/m0/s1. The first-order chi connectivity index (χ1) is 10.4. The Bertz CT molecular complexity index is 323. The molecule has 22 heavy (non-hydrogen) atoms. The SMILES string of the molecule is CC[C@@]1(C)CN(CC(O)CN2CCO[C@@](C)(CC)C2)CCO1. The van der Waals surface area contributed by atoms with Crippen molar-refractivity contribution in [1.82, 2.24) is 9.80 Å². The van der Waals surface area contributed by atoms with Gasteiger partial charge in [-0.3, -0.25) is 9.80 Å². The number of nitrogens with zero attached hydrogens (tertiary/aromatic N) is 2. The molecule has 130 valence electrons. The van der Waals surface area contributed by atoms with E-state index >= 15 is 0 Å².